The summed E-state index contributed by atoms with van der Waals surface area (Å²) in [4.78, 5) is 58.0. The van der Waals surface area contributed by atoms with Crippen molar-refractivity contribution in [3.63, 3.8) is 0 Å². The van der Waals surface area contributed by atoms with Gasteiger partial charge in [-0.3, -0.25) is 14.4 Å². The van der Waals surface area contributed by atoms with Crippen LogP contribution in [-0.2, 0) is 42.9 Å². The Bertz CT molecular complexity index is 1570. The van der Waals surface area contributed by atoms with Crippen molar-refractivity contribution >= 4 is 23.4 Å². The highest BCUT2D eigenvalue weighted by molar-refractivity contribution is 6.39. The number of aliphatic hydroxyl groups excluding tert-OH is 1. The number of carbonyl (C=O) groups excluding carboxylic acids is 4. The summed E-state index contributed by atoms with van der Waals surface area (Å²) in [6.45, 7) is 16.2. The number of hydrogen-bond donors (Lipinski definition) is 3. The Kier molecular flexibility index (Phi) is 18.2. The fourth-order valence-corrected chi connectivity index (χ4v) is 9.62. The number of ketones is 2. The van der Waals surface area contributed by atoms with E-state index in [4.69, 9.17) is 29.4 Å². The molecule has 3 fully saturated rings. The van der Waals surface area contributed by atoms with Gasteiger partial charge < -0.3 is 44.5 Å². The molecule has 13 nitrogen and oxygen atoms in total. The van der Waals surface area contributed by atoms with Crippen molar-refractivity contribution in [2.45, 2.75) is 179 Å². The van der Waals surface area contributed by atoms with Gasteiger partial charge in [-0.15, -0.1) is 6.58 Å². The highest BCUT2D eigenvalue weighted by Crippen LogP contribution is 2.39. The number of cyclic esters (lactones) is 1. The summed E-state index contributed by atoms with van der Waals surface area (Å²) >= 11 is 0. The maximum absolute atomic E-state index is 16.3. The molecule has 3 heterocycles. The Morgan fingerprint density at radius 1 is 1.05 bits per heavy atom. The second kappa shape index (κ2) is 22.0. The van der Waals surface area contributed by atoms with Gasteiger partial charge in [0.25, 0.3) is 11.7 Å². The van der Waals surface area contributed by atoms with Gasteiger partial charge in [-0.05, 0) is 108 Å². The Hall–Kier alpha value is -2.85. The van der Waals surface area contributed by atoms with Crippen molar-refractivity contribution < 1.29 is 57.5 Å². The van der Waals surface area contributed by atoms with Crippen molar-refractivity contribution in [2.24, 2.45) is 35.3 Å². The number of rotatable bonds is 8. The summed E-state index contributed by atoms with van der Waals surface area (Å²) in [6, 6.07) is -1.30. The number of carbonyl (C=O) groups is 4. The number of aliphatic hydroxyl groups is 2. The number of Topliss-reactive ketones (excluding diaryl/α,β-unsaturated/α-hetero) is 2. The van der Waals surface area contributed by atoms with E-state index in [0.29, 0.717) is 30.4 Å². The molecule has 3 aliphatic heterocycles. The third kappa shape index (κ3) is 11.8. The second-order valence-electron chi connectivity index (χ2n) is 18.3. The average molecular weight is 849 g/mol. The number of piperidine rings is 1. The molecule has 4 aliphatic rings. The van der Waals surface area contributed by atoms with E-state index < -0.39 is 89.9 Å². The number of esters is 1. The monoisotopic (exact) mass is 849 g/mol. The molecule has 340 valence electrons. The van der Waals surface area contributed by atoms with Crippen LogP contribution in [0.1, 0.15) is 113 Å². The van der Waals surface area contributed by atoms with Gasteiger partial charge in [0.05, 0.1) is 30.5 Å². The Balaban J connectivity index is 1.80. The van der Waals surface area contributed by atoms with Crippen molar-refractivity contribution in [2.75, 3.05) is 20.8 Å². The number of methoxy groups -OCH3 is 2. The molecule has 60 heavy (non-hydrogen) atoms. The molecule has 15 atom stereocenters. The maximum atomic E-state index is 16.3. The first-order valence-corrected chi connectivity index (χ1v) is 22.0. The molecule has 2 saturated heterocycles. The lowest BCUT2D eigenvalue weighted by molar-refractivity contribution is -0.302. The lowest BCUT2D eigenvalue weighted by Crippen LogP contribution is -2.64. The highest BCUT2D eigenvalue weighted by atomic mass is 19.1. The molecule has 4 rings (SSSR count). The molecule has 2 bridgehead atoms. The number of fused-ring (bicyclic) bond motifs is 3. The summed E-state index contributed by atoms with van der Waals surface area (Å²) in [7, 11) is 2.88. The number of nitrogens with zero attached hydrogens (tertiary/aromatic N) is 1. The third-order valence-electron chi connectivity index (χ3n) is 13.3. The minimum Gasteiger partial charge on any atom is -0.456 e. The van der Waals surface area contributed by atoms with Crippen molar-refractivity contribution in [1.82, 2.24) is 4.90 Å². The number of ether oxygens (including phenoxy) is 5. The van der Waals surface area contributed by atoms with E-state index in [0.717, 1.165) is 17.7 Å². The lowest BCUT2D eigenvalue weighted by Gasteiger charge is -2.47. The predicted octanol–water partition coefficient (Wildman–Crippen LogP) is 5.33. The molecule has 14 heteroatoms. The Labute approximate surface area is 356 Å². The summed E-state index contributed by atoms with van der Waals surface area (Å²) in [5.41, 5.74) is 7.37. The first-order valence-electron chi connectivity index (χ1n) is 22.0. The molecule has 0 aromatic rings. The van der Waals surface area contributed by atoms with Crippen LogP contribution in [0.4, 0.5) is 4.39 Å². The van der Waals surface area contributed by atoms with Crippen LogP contribution in [0.3, 0.4) is 0 Å². The van der Waals surface area contributed by atoms with E-state index in [-0.39, 0.29) is 68.6 Å². The van der Waals surface area contributed by atoms with Crippen LogP contribution in [0.25, 0.3) is 0 Å². The number of hydrogen-bond acceptors (Lipinski definition) is 12. The Morgan fingerprint density at radius 2 is 1.72 bits per heavy atom. The zero-order valence-electron chi connectivity index (χ0n) is 37.3. The molecule has 0 radical (unpaired) electrons. The Morgan fingerprint density at radius 3 is 2.35 bits per heavy atom. The maximum Gasteiger partial charge on any atom is 0.329 e. The van der Waals surface area contributed by atoms with Crippen LogP contribution in [0.15, 0.2) is 36.0 Å². The first-order chi connectivity index (χ1) is 28.3. The topological polar surface area (TPSA) is 184 Å². The van der Waals surface area contributed by atoms with Crippen molar-refractivity contribution in [1.29, 1.82) is 0 Å². The van der Waals surface area contributed by atoms with E-state index >= 15 is 4.39 Å². The zero-order valence-corrected chi connectivity index (χ0v) is 37.3. The summed E-state index contributed by atoms with van der Waals surface area (Å²) in [5.74, 6) is -9.19. The van der Waals surface area contributed by atoms with Crippen LogP contribution < -0.4 is 5.73 Å². The smallest absolute Gasteiger partial charge is 0.329 e. The number of nitrogens with two attached hydrogens (primary N) is 1. The minimum absolute atomic E-state index is 0.0195. The molecule has 0 spiro atoms. The van der Waals surface area contributed by atoms with Gasteiger partial charge in [0.15, 0.2) is 0 Å². The molecule has 15 unspecified atom stereocenters. The van der Waals surface area contributed by atoms with Gasteiger partial charge in [-0.2, -0.15) is 0 Å². The zero-order chi connectivity index (χ0) is 44.6. The van der Waals surface area contributed by atoms with Gasteiger partial charge in [0, 0.05) is 51.0 Å². The molecule has 1 aliphatic carbocycles. The molecule has 4 N–H and O–H groups in total. The lowest BCUT2D eigenvalue weighted by atomic mass is 9.81. The quantitative estimate of drug-likeness (QED) is 0.162. The number of alkyl halides is 1. The van der Waals surface area contributed by atoms with Gasteiger partial charge in [0.1, 0.15) is 30.2 Å². The van der Waals surface area contributed by atoms with Gasteiger partial charge in [-0.1, -0.05) is 39.0 Å². The first kappa shape index (κ1) is 49.8. The number of allylic oxidation sites excluding steroid dienone is 4. The summed E-state index contributed by atoms with van der Waals surface area (Å²) in [5, 5.41) is 23.8. The van der Waals surface area contributed by atoms with Crippen LogP contribution >= 0.6 is 0 Å². The number of halogens is 1. The fraction of sp³-hybridized carbons (Fsp3) is 0.783. The predicted molar refractivity (Wildman–Crippen MR) is 224 cm³/mol. The van der Waals surface area contributed by atoms with Crippen LogP contribution in [0, 0.1) is 29.6 Å². The SMILES string of the molecule is C=CCC1C=C(C)C(F)C(C)CC(OC)C2OC(O)(C(=O)C(=O)N3CCCCC3C(=O)OC(C(C)=CC3CCC(N)C(OC(C)C)C3)C(C)C(O)CC1=O)C(C)CC2OC. The van der Waals surface area contributed by atoms with Crippen LogP contribution in [0.5, 0.6) is 0 Å². The van der Waals surface area contributed by atoms with Gasteiger partial charge in [-0.25, -0.2) is 9.18 Å². The van der Waals surface area contributed by atoms with E-state index in [1.165, 1.54) is 14.2 Å². The van der Waals surface area contributed by atoms with E-state index in [9.17, 15) is 29.4 Å². The minimum atomic E-state index is -2.61. The normalized spacial score (nSPS) is 40.0. The largest absolute Gasteiger partial charge is 0.456 e. The molecule has 0 aromatic carbocycles. The average Bonchev–Trinajstić information content (AvgIpc) is 3.21. The van der Waals surface area contributed by atoms with Crippen molar-refractivity contribution in [3.05, 3.63) is 36.0 Å². The van der Waals surface area contributed by atoms with Crippen molar-refractivity contribution in [3.8, 4) is 0 Å². The molecule has 1 saturated carbocycles. The fourth-order valence-electron chi connectivity index (χ4n) is 9.62. The van der Waals surface area contributed by atoms with Gasteiger partial charge >= 0.3 is 5.97 Å². The van der Waals surface area contributed by atoms with E-state index in [1.54, 1.807) is 39.8 Å². The van der Waals surface area contributed by atoms with E-state index in [2.05, 4.69) is 6.58 Å². The van der Waals surface area contributed by atoms with Gasteiger partial charge in [0.2, 0.25) is 5.79 Å². The van der Waals surface area contributed by atoms with E-state index in [1.807, 2.05) is 26.8 Å². The summed E-state index contributed by atoms with van der Waals surface area (Å²) in [6.07, 6.45) is 2.02. The molecular formula is C46H73FN2O11. The second-order valence-corrected chi connectivity index (χ2v) is 18.3. The highest BCUT2D eigenvalue weighted by Gasteiger charge is 2.57. The van der Waals surface area contributed by atoms with Crippen LogP contribution in [0.2, 0.25) is 0 Å². The standard InChI is InChI=1S/C46H73FN2O11/c1-11-14-32-20-26(4)40(47)27(5)21-38(56-9)42-39(57-10)22-29(7)46(55,60-42)43(52)44(53)49-18-13-12-15-34(49)45(54)59-41(30(8)35(50)24-36(32)51)28(6)19-31-16-17-33(48)37(23-31)58-25(2)3/h11,19-20,25,27,29-35,37-42,50,55H,1,12-18,21-24,48H2,2-10H3. The van der Waals surface area contributed by atoms with Crippen LogP contribution in [-0.4, -0.2) is 126 Å². The number of amides is 1. The molecular weight excluding hydrogens is 776 g/mol. The molecule has 0 aromatic heterocycles. The summed E-state index contributed by atoms with van der Waals surface area (Å²) < 4.78 is 46.5. The molecule has 1 amide bonds. The third-order valence-corrected chi connectivity index (χ3v) is 13.3.